The Morgan fingerprint density at radius 3 is 2.70 bits per heavy atom. The molecule has 5 heteroatoms. The first kappa shape index (κ1) is 22.0. The first-order valence-electron chi connectivity index (χ1n) is 12.0. The molecule has 0 aromatic heterocycles. The standard InChI is InChI=1S/C25H38O5/c1-16(26)20-7-8-21-19-6-5-17-14-18(27)9-12-25(17,15-30-13-3-4-23(28)29)22(19)10-11-24(20,21)2/h5,18-22,27H,3-4,6-15H2,1-2H3,(H,28,29)/t18-,19?,20+,21?,22?,24+,25+/m0/s1. The molecule has 3 unspecified atom stereocenters. The number of hydrogen-bond donors (Lipinski definition) is 2. The van der Waals surface area contributed by atoms with Crippen molar-refractivity contribution in [1.82, 2.24) is 0 Å². The number of aliphatic hydroxyl groups is 1. The van der Waals surface area contributed by atoms with E-state index in [2.05, 4.69) is 13.0 Å². The lowest BCUT2D eigenvalue weighted by Gasteiger charge is -2.58. The molecule has 4 aliphatic carbocycles. The Bertz CT molecular complexity index is 714. The Balaban J connectivity index is 1.55. The largest absolute Gasteiger partial charge is 0.481 e. The summed E-state index contributed by atoms with van der Waals surface area (Å²) in [5.41, 5.74) is 1.50. The van der Waals surface area contributed by atoms with Gasteiger partial charge in [0.25, 0.3) is 0 Å². The Kier molecular flexibility index (Phi) is 6.15. The van der Waals surface area contributed by atoms with Gasteiger partial charge >= 0.3 is 5.97 Å². The van der Waals surface area contributed by atoms with E-state index in [1.807, 2.05) is 0 Å². The summed E-state index contributed by atoms with van der Waals surface area (Å²) in [6, 6.07) is 0. The quantitative estimate of drug-likeness (QED) is 0.474. The van der Waals surface area contributed by atoms with E-state index in [-0.39, 0.29) is 29.3 Å². The molecule has 168 valence electrons. The van der Waals surface area contributed by atoms with E-state index in [0.29, 0.717) is 43.2 Å². The van der Waals surface area contributed by atoms with Crippen LogP contribution in [0.15, 0.2) is 11.6 Å². The van der Waals surface area contributed by atoms with Crippen LogP contribution in [0.3, 0.4) is 0 Å². The Morgan fingerprint density at radius 2 is 1.97 bits per heavy atom. The van der Waals surface area contributed by atoms with Crippen LogP contribution in [0.4, 0.5) is 0 Å². The second-order valence-corrected chi connectivity index (χ2v) is 10.7. The fourth-order valence-corrected chi connectivity index (χ4v) is 7.95. The van der Waals surface area contributed by atoms with E-state index in [9.17, 15) is 14.7 Å². The third kappa shape index (κ3) is 3.66. The minimum absolute atomic E-state index is 0.0129. The molecule has 0 saturated heterocycles. The zero-order chi connectivity index (χ0) is 21.5. The van der Waals surface area contributed by atoms with Gasteiger partial charge in [0.15, 0.2) is 0 Å². The third-order valence-corrected chi connectivity index (χ3v) is 9.33. The fourth-order valence-electron chi connectivity index (χ4n) is 7.95. The highest BCUT2D eigenvalue weighted by atomic mass is 16.5. The first-order valence-corrected chi connectivity index (χ1v) is 12.0. The lowest BCUT2D eigenvalue weighted by Crippen LogP contribution is -2.53. The van der Waals surface area contributed by atoms with E-state index in [1.165, 1.54) is 5.57 Å². The molecule has 0 amide bonds. The molecule has 5 nitrogen and oxygen atoms in total. The van der Waals surface area contributed by atoms with Gasteiger partial charge in [-0.2, -0.15) is 0 Å². The van der Waals surface area contributed by atoms with Crippen molar-refractivity contribution in [3.05, 3.63) is 11.6 Å². The average Bonchev–Trinajstić information content (AvgIpc) is 3.05. The SMILES string of the molecule is CC(=O)[C@H]1CCC2C3CC=C4C[C@@H](O)CC[C@]4(COCCCC(=O)O)C3CC[C@@]21C. The molecule has 4 aliphatic rings. The van der Waals surface area contributed by atoms with Crippen LogP contribution in [-0.2, 0) is 14.3 Å². The van der Waals surface area contributed by atoms with Crippen LogP contribution in [0, 0.1) is 34.5 Å². The predicted molar refractivity (Wildman–Crippen MR) is 114 cm³/mol. The molecule has 0 aliphatic heterocycles. The van der Waals surface area contributed by atoms with E-state index < -0.39 is 5.97 Å². The minimum Gasteiger partial charge on any atom is -0.481 e. The number of ether oxygens (including phenoxy) is 1. The number of ketones is 1. The van der Waals surface area contributed by atoms with Crippen molar-refractivity contribution in [2.24, 2.45) is 34.5 Å². The van der Waals surface area contributed by atoms with Gasteiger partial charge < -0.3 is 14.9 Å². The van der Waals surface area contributed by atoms with Gasteiger partial charge in [0.1, 0.15) is 5.78 Å². The molecule has 3 fully saturated rings. The number of carboxylic acid groups (broad SMARTS) is 1. The lowest BCUT2D eigenvalue weighted by atomic mass is 9.47. The van der Waals surface area contributed by atoms with E-state index >= 15 is 0 Å². The van der Waals surface area contributed by atoms with E-state index in [0.717, 1.165) is 51.4 Å². The Labute approximate surface area is 180 Å². The van der Waals surface area contributed by atoms with Crippen molar-refractivity contribution >= 4 is 11.8 Å². The second kappa shape index (κ2) is 8.38. The number of carboxylic acids is 1. The number of Topliss-reactive ketones (excluding diaryl/α,β-unsaturated/α-hetero) is 1. The van der Waals surface area contributed by atoms with Crippen molar-refractivity contribution in [3.63, 3.8) is 0 Å². The van der Waals surface area contributed by atoms with Crippen molar-refractivity contribution in [1.29, 1.82) is 0 Å². The number of aliphatic carboxylic acids is 1. The highest BCUT2D eigenvalue weighted by Crippen LogP contribution is 2.66. The zero-order valence-electron chi connectivity index (χ0n) is 18.6. The minimum atomic E-state index is -0.774. The molecule has 4 rings (SSSR count). The fraction of sp³-hybridized carbons (Fsp3) is 0.840. The summed E-state index contributed by atoms with van der Waals surface area (Å²) in [6.07, 6.45) is 10.9. The zero-order valence-corrected chi connectivity index (χ0v) is 18.6. The summed E-state index contributed by atoms with van der Waals surface area (Å²) in [7, 11) is 0. The number of carbonyl (C=O) groups is 2. The summed E-state index contributed by atoms with van der Waals surface area (Å²) in [6.45, 7) is 5.27. The lowest BCUT2D eigenvalue weighted by molar-refractivity contribution is -0.137. The average molecular weight is 419 g/mol. The normalized spacial score (nSPS) is 42.6. The summed E-state index contributed by atoms with van der Waals surface area (Å²) in [5, 5.41) is 19.2. The highest BCUT2D eigenvalue weighted by Gasteiger charge is 2.60. The highest BCUT2D eigenvalue weighted by molar-refractivity contribution is 5.79. The molecule has 0 aromatic rings. The van der Waals surface area contributed by atoms with Gasteiger partial charge in [-0.3, -0.25) is 9.59 Å². The molecule has 0 spiro atoms. The van der Waals surface area contributed by atoms with Gasteiger partial charge in [-0.25, -0.2) is 0 Å². The van der Waals surface area contributed by atoms with Crippen molar-refractivity contribution in [2.75, 3.05) is 13.2 Å². The maximum Gasteiger partial charge on any atom is 0.303 e. The molecule has 30 heavy (non-hydrogen) atoms. The Morgan fingerprint density at radius 1 is 1.17 bits per heavy atom. The molecular weight excluding hydrogens is 380 g/mol. The summed E-state index contributed by atoms with van der Waals surface area (Å²) in [4.78, 5) is 23.2. The predicted octanol–water partition coefficient (Wildman–Crippen LogP) is 4.38. The van der Waals surface area contributed by atoms with Gasteiger partial charge in [0, 0.05) is 24.4 Å². The van der Waals surface area contributed by atoms with Crippen LogP contribution in [0.5, 0.6) is 0 Å². The van der Waals surface area contributed by atoms with Crippen molar-refractivity contribution < 1.29 is 24.5 Å². The van der Waals surface area contributed by atoms with Gasteiger partial charge in [-0.15, -0.1) is 0 Å². The van der Waals surface area contributed by atoms with Crippen LogP contribution >= 0.6 is 0 Å². The van der Waals surface area contributed by atoms with Crippen LogP contribution in [-0.4, -0.2) is 41.3 Å². The third-order valence-electron chi connectivity index (χ3n) is 9.33. The Hall–Kier alpha value is -1.20. The van der Waals surface area contributed by atoms with Crippen LogP contribution in [0.25, 0.3) is 0 Å². The number of hydrogen-bond acceptors (Lipinski definition) is 4. The maximum absolute atomic E-state index is 12.3. The molecular formula is C25H38O5. The number of aliphatic hydroxyl groups excluding tert-OH is 1. The molecule has 0 radical (unpaired) electrons. The van der Waals surface area contributed by atoms with Gasteiger partial charge in [-0.1, -0.05) is 18.6 Å². The molecule has 0 bridgehead atoms. The molecule has 0 heterocycles. The van der Waals surface area contributed by atoms with Gasteiger partial charge in [-0.05, 0) is 87.9 Å². The molecule has 2 N–H and O–H groups in total. The van der Waals surface area contributed by atoms with E-state index in [1.54, 1.807) is 6.92 Å². The molecule has 3 saturated carbocycles. The van der Waals surface area contributed by atoms with Crippen molar-refractivity contribution in [2.45, 2.75) is 84.2 Å². The number of allylic oxidation sites excluding steroid dienone is 1. The maximum atomic E-state index is 12.3. The number of rotatable bonds is 7. The van der Waals surface area contributed by atoms with Crippen LogP contribution in [0.2, 0.25) is 0 Å². The van der Waals surface area contributed by atoms with Gasteiger partial charge in [0.05, 0.1) is 12.7 Å². The first-order chi connectivity index (χ1) is 14.3. The smallest absolute Gasteiger partial charge is 0.303 e. The number of fused-ring (bicyclic) bond motifs is 5. The number of carbonyl (C=O) groups excluding carboxylic acids is 1. The summed E-state index contributed by atoms with van der Waals surface area (Å²) >= 11 is 0. The van der Waals surface area contributed by atoms with Gasteiger partial charge in [0.2, 0.25) is 0 Å². The topological polar surface area (TPSA) is 83.8 Å². The molecule has 7 atom stereocenters. The van der Waals surface area contributed by atoms with Crippen molar-refractivity contribution in [3.8, 4) is 0 Å². The van der Waals surface area contributed by atoms with E-state index in [4.69, 9.17) is 9.84 Å². The summed E-state index contributed by atoms with van der Waals surface area (Å²) in [5.74, 6) is 1.54. The monoisotopic (exact) mass is 418 g/mol. The second-order valence-electron chi connectivity index (χ2n) is 10.7. The van der Waals surface area contributed by atoms with Crippen LogP contribution in [0.1, 0.15) is 78.1 Å². The molecule has 0 aromatic carbocycles. The summed E-state index contributed by atoms with van der Waals surface area (Å²) < 4.78 is 6.12. The van der Waals surface area contributed by atoms with Crippen LogP contribution < -0.4 is 0 Å².